The number of benzene rings is 2. The van der Waals surface area contributed by atoms with Crippen LogP contribution in [0.4, 0.5) is 5.69 Å². The fraction of sp³-hybridized carbons (Fsp3) is 0.600. The number of hydrogen-bond donors (Lipinski definition) is 3. The van der Waals surface area contributed by atoms with Gasteiger partial charge in [0.05, 0.1) is 0 Å². The molecule has 0 heterocycles. The molecule has 3 heteroatoms. The Morgan fingerprint density at radius 3 is 1.94 bits per heavy atom. The van der Waals surface area contributed by atoms with Gasteiger partial charge in [0.25, 0.3) is 0 Å². The summed E-state index contributed by atoms with van der Waals surface area (Å²) < 4.78 is 0. The fourth-order valence-electron chi connectivity index (χ4n) is 5.22. The molecule has 2 aromatic rings. The van der Waals surface area contributed by atoms with Gasteiger partial charge in [-0.15, -0.1) is 0 Å². The van der Waals surface area contributed by atoms with E-state index in [1.807, 2.05) is 0 Å². The van der Waals surface area contributed by atoms with Gasteiger partial charge < -0.3 is 15.7 Å². The van der Waals surface area contributed by atoms with E-state index in [0.717, 1.165) is 17.5 Å². The Labute approximate surface area is 202 Å². The lowest BCUT2D eigenvalue weighted by molar-refractivity contribution is 0.339. The van der Waals surface area contributed by atoms with E-state index >= 15 is 0 Å². The molecule has 33 heavy (non-hydrogen) atoms. The highest BCUT2D eigenvalue weighted by molar-refractivity contribution is 5.59. The van der Waals surface area contributed by atoms with Crippen LogP contribution in [0.1, 0.15) is 101 Å². The van der Waals surface area contributed by atoms with Crippen LogP contribution in [0.2, 0.25) is 0 Å². The fourth-order valence-corrected chi connectivity index (χ4v) is 5.22. The molecular formula is C30H46N2O. The molecule has 0 bridgehead atoms. The van der Waals surface area contributed by atoms with Gasteiger partial charge in [0, 0.05) is 29.9 Å². The zero-order valence-electron chi connectivity index (χ0n) is 22.4. The van der Waals surface area contributed by atoms with Crippen LogP contribution in [0.5, 0.6) is 5.75 Å². The minimum atomic E-state index is -0.102. The lowest BCUT2D eigenvalue weighted by Gasteiger charge is -2.35. The molecule has 0 spiro atoms. The quantitative estimate of drug-likeness (QED) is 0.444. The Kier molecular flexibility index (Phi) is 7.53. The first-order valence-corrected chi connectivity index (χ1v) is 12.7. The van der Waals surface area contributed by atoms with E-state index in [1.165, 1.54) is 47.2 Å². The monoisotopic (exact) mass is 450 g/mol. The lowest BCUT2D eigenvalue weighted by atomic mass is 9.79. The van der Waals surface area contributed by atoms with Crippen LogP contribution in [0.15, 0.2) is 24.3 Å². The molecule has 1 aliphatic carbocycles. The predicted octanol–water partition coefficient (Wildman–Crippen LogP) is 7.43. The van der Waals surface area contributed by atoms with Crippen LogP contribution < -0.4 is 10.6 Å². The molecule has 1 aliphatic rings. The third kappa shape index (κ3) is 6.12. The molecule has 1 saturated carbocycles. The molecular weight excluding hydrogens is 404 g/mol. The SMILES string of the molecule is Cc1cc(C)c(N[C@H]2CCCC[C@@H]2NCc2cc(C(C)(C)C)cc(C(C)(C)C)c2O)c(C)c1. The van der Waals surface area contributed by atoms with Gasteiger partial charge in [-0.05, 0) is 66.7 Å². The summed E-state index contributed by atoms with van der Waals surface area (Å²) in [6.45, 7) is 20.5. The third-order valence-corrected chi connectivity index (χ3v) is 7.19. The Balaban J connectivity index is 1.84. The number of rotatable bonds is 5. The van der Waals surface area contributed by atoms with Gasteiger partial charge in [-0.2, -0.15) is 0 Å². The van der Waals surface area contributed by atoms with Crippen molar-refractivity contribution in [1.82, 2.24) is 5.32 Å². The highest BCUT2D eigenvalue weighted by Crippen LogP contribution is 2.38. The molecule has 3 N–H and O–H groups in total. The number of phenols is 1. The van der Waals surface area contributed by atoms with Gasteiger partial charge in [-0.25, -0.2) is 0 Å². The summed E-state index contributed by atoms with van der Waals surface area (Å²) in [7, 11) is 0. The first-order chi connectivity index (χ1) is 15.3. The molecule has 3 nitrogen and oxygen atoms in total. The summed E-state index contributed by atoms with van der Waals surface area (Å²) in [6.07, 6.45) is 4.85. The Morgan fingerprint density at radius 2 is 1.39 bits per heavy atom. The van der Waals surface area contributed by atoms with Crippen molar-refractivity contribution < 1.29 is 5.11 Å². The Morgan fingerprint density at radius 1 is 0.818 bits per heavy atom. The average Bonchev–Trinajstić information content (AvgIpc) is 2.68. The van der Waals surface area contributed by atoms with Gasteiger partial charge in [0.2, 0.25) is 0 Å². The third-order valence-electron chi connectivity index (χ3n) is 7.19. The van der Waals surface area contributed by atoms with E-state index in [-0.39, 0.29) is 10.8 Å². The van der Waals surface area contributed by atoms with E-state index in [1.54, 1.807) is 0 Å². The summed E-state index contributed by atoms with van der Waals surface area (Å²) in [6, 6.07) is 9.72. The number of anilines is 1. The largest absolute Gasteiger partial charge is 0.507 e. The van der Waals surface area contributed by atoms with Crippen LogP contribution in [0, 0.1) is 20.8 Å². The Bertz CT molecular complexity index is 955. The molecule has 0 aromatic heterocycles. The topological polar surface area (TPSA) is 44.3 Å². The predicted molar refractivity (Wildman–Crippen MR) is 143 cm³/mol. The normalized spacial score (nSPS) is 19.5. The number of phenolic OH excluding ortho intramolecular Hbond substituents is 1. The molecule has 0 unspecified atom stereocenters. The standard InChI is InChI=1S/C30H46N2O/c1-19-14-20(2)27(21(3)15-19)32-26-13-11-10-12-25(26)31-18-22-16-23(29(4,5)6)17-24(28(22)33)30(7,8)9/h14-17,25-26,31-33H,10-13,18H2,1-9H3/t25-,26-/m0/s1. The summed E-state index contributed by atoms with van der Waals surface area (Å²) >= 11 is 0. The van der Waals surface area contributed by atoms with E-state index in [4.69, 9.17) is 0 Å². The number of hydrogen-bond acceptors (Lipinski definition) is 3. The van der Waals surface area contributed by atoms with Crippen molar-refractivity contribution in [2.24, 2.45) is 0 Å². The minimum Gasteiger partial charge on any atom is -0.507 e. The molecule has 1 fully saturated rings. The van der Waals surface area contributed by atoms with E-state index in [9.17, 15) is 5.11 Å². The van der Waals surface area contributed by atoms with Crippen LogP contribution >= 0.6 is 0 Å². The van der Waals surface area contributed by atoms with Crippen molar-refractivity contribution in [1.29, 1.82) is 0 Å². The maximum absolute atomic E-state index is 11.2. The minimum absolute atomic E-state index is 0.0396. The van der Waals surface area contributed by atoms with E-state index in [2.05, 4.69) is 97.2 Å². The van der Waals surface area contributed by atoms with Crippen molar-refractivity contribution >= 4 is 5.69 Å². The first kappa shape index (κ1) is 25.6. The van der Waals surface area contributed by atoms with E-state index < -0.39 is 0 Å². The van der Waals surface area contributed by atoms with Crippen molar-refractivity contribution in [2.45, 2.75) is 117 Å². The van der Waals surface area contributed by atoms with Crippen LogP contribution in [0.25, 0.3) is 0 Å². The molecule has 3 rings (SSSR count). The van der Waals surface area contributed by atoms with Crippen LogP contribution in [0.3, 0.4) is 0 Å². The zero-order chi connectivity index (χ0) is 24.6. The second kappa shape index (κ2) is 9.70. The number of aromatic hydroxyl groups is 1. The number of nitrogens with one attached hydrogen (secondary N) is 2. The number of aryl methyl sites for hydroxylation is 3. The van der Waals surface area contributed by atoms with Gasteiger partial charge in [-0.3, -0.25) is 0 Å². The molecule has 2 atom stereocenters. The van der Waals surface area contributed by atoms with Gasteiger partial charge in [0.1, 0.15) is 5.75 Å². The summed E-state index contributed by atoms with van der Waals surface area (Å²) in [5, 5.41) is 18.9. The summed E-state index contributed by atoms with van der Waals surface area (Å²) in [5.41, 5.74) is 8.52. The molecule has 0 aliphatic heterocycles. The van der Waals surface area contributed by atoms with Crippen LogP contribution in [-0.4, -0.2) is 17.2 Å². The highest BCUT2D eigenvalue weighted by atomic mass is 16.3. The smallest absolute Gasteiger partial charge is 0.123 e. The van der Waals surface area contributed by atoms with Crippen molar-refractivity contribution in [3.05, 3.63) is 57.6 Å². The van der Waals surface area contributed by atoms with Gasteiger partial charge in [0.15, 0.2) is 0 Å². The van der Waals surface area contributed by atoms with Crippen molar-refractivity contribution in [3.8, 4) is 5.75 Å². The molecule has 0 saturated heterocycles. The lowest BCUT2D eigenvalue weighted by Crippen LogP contribution is -2.46. The summed E-state index contributed by atoms with van der Waals surface area (Å²) in [5.74, 6) is 0.452. The molecule has 182 valence electrons. The van der Waals surface area contributed by atoms with Crippen molar-refractivity contribution in [2.75, 3.05) is 5.32 Å². The molecule has 0 amide bonds. The first-order valence-electron chi connectivity index (χ1n) is 12.7. The second-order valence-corrected chi connectivity index (χ2v) is 12.3. The summed E-state index contributed by atoms with van der Waals surface area (Å²) in [4.78, 5) is 0. The Hall–Kier alpha value is -2.00. The van der Waals surface area contributed by atoms with Gasteiger partial charge in [-0.1, -0.05) is 84.2 Å². The van der Waals surface area contributed by atoms with E-state index in [0.29, 0.717) is 24.4 Å². The van der Waals surface area contributed by atoms with Crippen molar-refractivity contribution in [3.63, 3.8) is 0 Å². The average molecular weight is 451 g/mol. The maximum atomic E-state index is 11.2. The highest BCUT2D eigenvalue weighted by Gasteiger charge is 2.28. The zero-order valence-corrected chi connectivity index (χ0v) is 22.4. The molecule has 0 radical (unpaired) electrons. The van der Waals surface area contributed by atoms with Gasteiger partial charge >= 0.3 is 0 Å². The second-order valence-electron chi connectivity index (χ2n) is 12.3. The van der Waals surface area contributed by atoms with Crippen LogP contribution in [-0.2, 0) is 17.4 Å². The molecule has 2 aromatic carbocycles. The maximum Gasteiger partial charge on any atom is 0.123 e.